The standard InChI is InChI=1S/C16H19NO/c1-2-11-7-8-15-13(9-11)14(10-18)16(17-15)12-5-3-4-6-12/h7-10,12,17H,2-6H2,1H3. The molecular formula is C16H19NO. The van der Waals surface area contributed by atoms with Crippen LogP contribution in [0, 0.1) is 0 Å². The fourth-order valence-electron chi connectivity index (χ4n) is 3.16. The van der Waals surface area contributed by atoms with Gasteiger partial charge in [-0.3, -0.25) is 4.79 Å². The zero-order valence-electron chi connectivity index (χ0n) is 10.8. The second-order valence-corrected chi connectivity index (χ2v) is 5.29. The highest BCUT2D eigenvalue weighted by Gasteiger charge is 2.23. The molecule has 1 heterocycles. The second-order valence-electron chi connectivity index (χ2n) is 5.29. The molecule has 2 aromatic rings. The molecule has 0 radical (unpaired) electrons. The minimum Gasteiger partial charge on any atom is -0.358 e. The van der Waals surface area contributed by atoms with Crippen molar-refractivity contribution in [1.82, 2.24) is 4.98 Å². The Morgan fingerprint density at radius 2 is 2.11 bits per heavy atom. The summed E-state index contributed by atoms with van der Waals surface area (Å²) in [5, 5.41) is 1.10. The van der Waals surface area contributed by atoms with Crippen molar-refractivity contribution in [3.63, 3.8) is 0 Å². The smallest absolute Gasteiger partial charge is 0.152 e. The van der Waals surface area contributed by atoms with E-state index in [0.29, 0.717) is 5.92 Å². The van der Waals surface area contributed by atoms with E-state index >= 15 is 0 Å². The Morgan fingerprint density at radius 3 is 2.78 bits per heavy atom. The summed E-state index contributed by atoms with van der Waals surface area (Å²) in [5.41, 5.74) is 4.47. The number of nitrogens with one attached hydrogen (secondary N) is 1. The van der Waals surface area contributed by atoms with Gasteiger partial charge in [-0.15, -0.1) is 0 Å². The summed E-state index contributed by atoms with van der Waals surface area (Å²) in [6.45, 7) is 2.15. The monoisotopic (exact) mass is 241 g/mol. The van der Waals surface area contributed by atoms with Gasteiger partial charge in [0.2, 0.25) is 0 Å². The number of carbonyl (C=O) groups is 1. The molecule has 1 saturated carbocycles. The maximum absolute atomic E-state index is 11.4. The van der Waals surface area contributed by atoms with Crippen molar-refractivity contribution in [2.75, 3.05) is 0 Å². The Morgan fingerprint density at radius 1 is 1.33 bits per heavy atom. The first kappa shape index (κ1) is 11.5. The summed E-state index contributed by atoms with van der Waals surface area (Å²) in [6, 6.07) is 6.42. The molecule has 1 aromatic heterocycles. The van der Waals surface area contributed by atoms with E-state index in [0.717, 1.165) is 29.2 Å². The van der Waals surface area contributed by atoms with E-state index in [1.54, 1.807) is 0 Å². The van der Waals surface area contributed by atoms with E-state index in [1.165, 1.54) is 36.9 Å². The molecule has 0 amide bonds. The van der Waals surface area contributed by atoms with Crippen LogP contribution < -0.4 is 0 Å². The summed E-state index contributed by atoms with van der Waals surface area (Å²) in [6.07, 6.45) is 7.06. The van der Waals surface area contributed by atoms with Crippen LogP contribution in [-0.4, -0.2) is 11.3 Å². The molecule has 2 nitrogen and oxygen atoms in total. The van der Waals surface area contributed by atoms with Gasteiger partial charge in [-0.2, -0.15) is 0 Å². The number of aryl methyl sites for hydroxylation is 1. The van der Waals surface area contributed by atoms with Gasteiger partial charge in [-0.25, -0.2) is 0 Å². The van der Waals surface area contributed by atoms with Crippen molar-refractivity contribution < 1.29 is 4.79 Å². The van der Waals surface area contributed by atoms with Gasteiger partial charge >= 0.3 is 0 Å². The second kappa shape index (κ2) is 4.60. The van der Waals surface area contributed by atoms with E-state index in [9.17, 15) is 4.79 Å². The lowest BCUT2D eigenvalue weighted by atomic mass is 9.99. The molecule has 0 bridgehead atoms. The number of aldehydes is 1. The summed E-state index contributed by atoms with van der Waals surface area (Å²) in [4.78, 5) is 14.9. The van der Waals surface area contributed by atoms with Gasteiger partial charge in [0.25, 0.3) is 0 Å². The van der Waals surface area contributed by atoms with Crippen LogP contribution in [0.15, 0.2) is 18.2 Å². The van der Waals surface area contributed by atoms with Gasteiger partial charge in [-0.1, -0.05) is 25.8 Å². The van der Waals surface area contributed by atoms with E-state index in [4.69, 9.17) is 0 Å². The normalized spacial score (nSPS) is 16.5. The third-order valence-corrected chi connectivity index (χ3v) is 4.22. The Bertz CT molecular complexity index is 576. The van der Waals surface area contributed by atoms with Crippen LogP contribution in [0.1, 0.15) is 60.1 Å². The van der Waals surface area contributed by atoms with Gasteiger partial charge in [0.15, 0.2) is 6.29 Å². The SMILES string of the molecule is CCc1ccc2[nH]c(C3CCCC3)c(C=O)c2c1. The fourth-order valence-corrected chi connectivity index (χ4v) is 3.16. The summed E-state index contributed by atoms with van der Waals surface area (Å²) in [5.74, 6) is 0.558. The summed E-state index contributed by atoms with van der Waals surface area (Å²) < 4.78 is 0. The number of hydrogen-bond donors (Lipinski definition) is 1. The lowest BCUT2D eigenvalue weighted by molar-refractivity contribution is 0.112. The molecule has 1 aliphatic carbocycles. The van der Waals surface area contributed by atoms with Crippen LogP contribution in [-0.2, 0) is 6.42 Å². The van der Waals surface area contributed by atoms with Gasteiger partial charge < -0.3 is 4.98 Å². The lowest BCUT2D eigenvalue weighted by Gasteiger charge is -2.07. The number of fused-ring (bicyclic) bond motifs is 1. The van der Waals surface area contributed by atoms with Crippen LogP contribution in [0.4, 0.5) is 0 Å². The molecule has 0 atom stereocenters. The van der Waals surface area contributed by atoms with Crippen molar-refractivity contribution in [1.29, 1.82) is 0 Å². The topological polar surface area (TPSA) is 32.9 Å². The van der Waals surface area contributed by atoms with Crippen molar-refractivity contribution >= 4 is 17.2 Å². The number of benzene rings is 1. The van der Waals surface area contributed by atoms with Crippen molar-refractivity contribution in [2.45, 2.75) is 44.9 Å². The predicted molar refractivity (Wildman–Crippen MR) is 74.3 cm³/mol. The average Bonchev–Trinajstić information content (AvgIpc) is 3.04. The number of aromatic amines is 1. The van der Waals surface area contributed by atoms with Crippen LogP contribution >= 0.6 is 0 Å². The minimum absolute atomic E-state index is 0.558. The number of hydrogen-bond acceptors (Lipinski definition) is 1. The molecule has 1 N–H and O–H groups in total. The molecular weight excluding hydrogens is 222 g/mol. The van der Waals surface area contributed by atoms with Gasteiger partial charge in [-0.05, 0) is 42.9 Å². The molecule has 18 heavy (non-hydrogen) atoms. The molecule has 3 rings (SSSR count). The summed E-state index contributed by atoms with van der Waals surface area (Å²) in [7, 11) is 0. The summed E-state index contributed by atoms with van der Waals surface area (Å²) >= 11 is 0. The third kappa shape index (κ3) is 1.76. The molecule has 0 saturated heterocycles. The maximum atomic E-state index is 11.4. The minimum atomic E-state index is 0.558. The zero-order valence-corrected chi connectivity index (χ0v) is 10.8. The molecule has 1 aliphatic rings. The molecule has 0 spiro atoms. The fraction of sp³-hybridized carbons (Fsp3) is 0.438. The highest BCUT2D eigenvalue weighted by atomic mass is 16.1. The number of rotatable bonds is 3. The predicted octanol–water partition coefficient (Wildman–Crippen LogP) is 4.20. The highest BCUT2D eigenvalue weighted by molar-refractivity contribution is 5.99. The highest BCUT2D eigenvalue weighted by Crippen LogP contribution is 2.37. The molecule has 94 valence electrons. The van der Waals surface area contributed by atoms with Crippen molar-refractivity contribution in [2.24, 2.45) is 0 Å². The van der Waals surface area contributed by atoms with E-state index in [-0.39, 0.29) is 0 Å². The van der Waals surface area contributed by atoms with Crippen LogP contribution in [0.25, 0.3) is 10.9 Å². The Balaban J connectivity index is 2.16. The quantitative estimate of drug-likeness (QED) is 0.802. The molecule has 0 unspecified atom stereocenters. The molecule has 1 fully saturated rings. The Labute approximate surface area is 107 Å². The largest absolute Gasteiger partial charge is 0.358 e. The third-order valence-electron chi connectivity index (χ3n) is 4.22. The lowest BCUT2D eigenvalue weighted by Crippen LogP contribution is -1.96. The van der Waals surface area contributed by atoms with E-state index in [2.05, 4.69) is 30.1 Å². The van der Waals surface area contributed by atoms with Crippen LogP contribution in [0.3, 0.4) is 0 Å². The van der Waals surface area contributed by atoms with Crippen molar-refractivity contribution in [3.05, 3.63) is 35.0 Å². The van der Waals surface area contributed by atoms with Crippen LogP contribution in [0.5, 0.6) is 0 Å². The molecule has 2 heteroatoms. The van der Waals surface area contributed by atoms with E-state index < -0.39 is 0 Å². The number of carbonyl (C=O) groups excluding carboxylic acids is 1. The van der Waals surface area contributed by atoms with Gasteiger partial charge in [0, 0.05) is 22.2 Å². The number of H-pyrrole nitrogens is 1. The zero-order chi connectivity index (χ0) is 12.5. The first-order valence-electron chi connectivity index (χ1n) is 6.93. The van der Waals surface area contributed by atoms with Gasteiger partial charge in [0.05, 0.1) is 0 Å². The van der Waals surface area contributed by atoms with Crippen molar-refractivity contribution in [3.8, 4) is 0 Å². The average molecular weight is 241 g/mol. The molecule has 1 aromatic carbocycles. The maximum Gasteiger partial charge on any atom is 0.152 e. The van der Waals surface area contributed by atoms with Crippen LogP contribution in [0.2, 0.25) is 0 Å². The van der Waals surface area contributed by atoms with Gasteiger partial charge in [0.1, 0.15) is 0 Å². The number of aromatic nitrogens is 1. The Kier molecular flexibility index (Phi) is 2.94. The first-order chi connectivity index (χ1) is 8.83. The first-order valence-corrected chi connectivity index (χ1v) is 6.93. The Hall–Kier alpha value is -1.57. The molecule has 0 aliphatic heterocycles. The van der Waals surface area contributed by atoms with E-state index in [1.807, 2.05) is 0 Å².